The van der Waals surface area contributed by atoms with Gasteiger partial charge in [0.05, 0.1) is 27.3 Å². The number of halogens is 2. The summed E-state index contributed by atoms with van der Waals surface area (Å²) in [7, 11) is 0. The van der Waals surface area contributed by atoms with Crippen LogP contribution in [0.25, 0.3) is 22.2 Å². The Labute approximate surface area is 196 Å². The quantitative estimate of drug-likeness (QED) is 0.289. The number of aromatic hydroxyl groups is 1. The maximum atomic E-state index is 12.7. The normalized spacial score (nSPS) is 14.9. The molecule has 2 aromatic carbocycles. The molecule has 3 aromatic rings. The molecule has 0 aliphatic heterocycles. The SMILES string of the molecule is O=C(Nc1cnc2ccc(-c3cc(Cl)c(O)c(Cl)c3)cc2n1)N(S)C1CCCCCC1. The molecule has 9 heteroatoms. The highest BCUT2D eigenvalue weighted by molar-refractivity contribution is 7.78. The molecule has 0 unspecified atom stereocenters. The number of hydrogen-bond donors (Lipinski definition) is 3. The number of carbonyl (C=O) groups excluding carboxylic acids is 1. The number of rotatable bonds is 3. The van der Waals surface area contributed by atoms with Crippen molar-refractivity contribution in [3.8, 4) is 16.9 Å². The smallest absolute Gasteiger partial charge is 0.333 e. The molecule has 6 nitrogen and oxygen atoms in total. The predicted octanol–water partition coefficient (Wildman–Crippen LogP) is 6.71. The molecule has 2 N–H and O–H groups in total. The van der Waals surface area contributed by atoms with E-state index in [4.69, 9.17) is 23.2 Å². The van der Waals surface area contributed by atoms with Crippen molar-refractivity contribution in [3.63, 3.8) is 0 Å². The molecule has 0 bridgehead atoms. The lowest BCUT2D eigenvalue weighted by Gasteiger charge is -2.25. The van der Waals surface area contributed by atoms with Gasteiger partial charge in [0.2, 0.25) is 0 Å². The zero-order valence-electron chi connectivity index (χ0n) is 16.7. The first-order chi connectivity index (χ1) is 14.9. The molecule has 162 valence electrons. The minimum absolute atomic E-state index is 0.120. The monoisotopic (exact) mass is 476 g/mol. The number of benzene rings is 2. The van der Waals surface area contributed by atoms with Gasteiger partial charge in [-0.1, -0.05) is 67.8 Å². The lowest BCUT2D eigenvalue weighted by Crippen LogP contribution is -2.36. The minimum Gasteiger partial charge on any atom is -0.505 e. The van der Waals surface area contributed by atoms with Gasteiger partial charge < -0.3 is 5.11 Å². The van der Waals surface area contributed by atoms with Gasteiger partial charge in [0.25, 0.3) is 0 Å². The highest BCUT2D eigenvalue weighted by Gasteiger charge is 2.22. The number of aromatic nitrogens is 2. The second-order valence-electron chi connectivity index (χ2n) is 7.67. The Bertz CT molecular complexity index is 1100. The van der Waals surface area contributed by atoms with Gasteiger partial charge in [-0.05, 0) is 48.2 Å². The number of thiol groups is 1. The van der Waals surface area contributed by atoms with E-state index in [1.54, 1.807) is 12.1 Å². The van der Waals surface area contributed by atoms with E-state index in [-0.39, 0.29) is 27.9 Å². The van der Waals surface area contributed by atoms with Crippen molar-refractivity contribution in [1.82, 2.24) is 14.3 Å². The van der Waals surface area contributed by atoms with Crippen molar-refractivity contribution in [3.05, 3.63) is 46.6 Å². The minimum atomic E-state index is -0.308. The van der Waals surface area contributed by atoms with Gasteiger partial charge in [-0.2, -0.15) is 0 Å². The summed E-state index contributed by atoms with van der Waals surface area (Å²) in [5, 5.41) is 12.9. The van der Waals surface area contributed by atoms with Crippen LogP contribution in [0.4, 0.5) is 10.6 Å². The number of carbonyl (C=O) groups is 1. The summed E-state index contributed by atoms with van der Waals surface area (Å²) in [6.45, 7) is 0. The van der Waals surface area contributed by atoms with Crippen LogP contribution >= 0.6 is 36.0 Å². The Morgan fingerprint density at radius 2 is 1.71 bits per heavy atom. The number of hydrogen-bond acceptors (Lipinski definition) is 5. The van der Waals surface area contributed by atoms with Gasteiger partial charge in [0.1, 0.15) is 0 Å². The molecular formula is C22H22Cl2N4O2S. The summed E-state index contributed by atoms with van der Waals surface area (Å²) >= 11 is 16.5. The van der Waals surface area contributed by atoms with E-state index in [0.717, 1.165) is 36.8 Å². The lowest BCUT2D eigenvalue weighted by molar-refractivity contribution is 0.226. The first kappa shape index (κ1) is 22.0. The van der Waals surface area contributed by atoms with Gasteiger partial charge in [-0.3, -0.25) is 14.6 Å². The molecule has 0 spiro atoms. The summed E-state index contributed by atoms with van der Waals surface area (Å²) in [6.07, 6.45) is 8.08. The molecule has 1 saturated carbocycles. The number of urea groups is 1. The van der Waals surface area contributed by atoms with Crippen LogP contribution in [0.5, 0.6) is 5.75 Å². The first-order valence-electron chi connectivity index (χ1n) is 10.2. The molecule has 1 aliphatic rings. The number of phenolic OH excluding ortho intramolecular Hbond substituents is 1. The van der Waals surface area contributed by atoms with Gasteiger partial charge in [0.15, 0.2) is 11.6 Å². The van der Waals surface area contributed by atoms with E-state index in [1.807, 2.05) is 18.2 Å². The number of phenols is 1. The summed E-state index contributed by atoms with van der Waals surface area (Å²) in [6, 6.07) is 8.61. The maximum absolute atomic E-state index is 12.7. The van der Waals surface area contributed by atoms with Gasteiger partial charge >= 0.3 is 6.03 Å². The highest BCUT2D eigenvalue weighted by atomic mass is 35.5. The van der Waals surface area contributed by atoms with Crippen LogP contribution in [0.2, 0.25) is 10.0 Å². The highest BCUT2D eigenvalue weighted by Crippen LogP contribution is 2.37. The van der Waals surface area contributed by atoms with Crippen LogP contribution in [0.15, 0.2) is 36.5 Å². The number of fused-ring (bicyclic) bond motifs is 1. The van der Waals surface area contributed by atoms with E-state index < -0.39 is 0 Å². The summed E-state index contributed by atoms with van der Waals surface area (Å²) in [4.78, 5) is 21.6. The molecule has 1 heterocycles. The summed E-state index contributed by atoms with van der Waals surface area (Å²) in [5.74, 6) is 0.201. The standard InChI is InChI=1S/C22H22Cl2N4O2S/c23-16-9-14(10-17(24)21(16)29)13-7-8-18-19(11-13)26-20(12-25-18)27-22(30)28(31)15-5-3-1-2-4-6-15/h7-12,15,29,31H,1-6H2,(H,26,27,30). The first-order valence-corrected chi connectivity index (χ1v) is 11.3. The van der Waals surface area contributed by atoms with E-state index in [9.17, 15) is 9.90 Å². The van der Waals surface area contributed by atoms with E-state index in [2.05, 4.69) is 28.1 Å². The van der Waals surface area contributed by atoms with Gasteiger partial charge in [-0.25, -0.2) is 9.78 Å². The van der Waals surface area contributed by atoms with Crippen LogP contribution in [0.3, 0.4) is 0 Å². The molecule has 0 atom stereocenters. The van der Waals surface area contributed by atoms with Crippen molar-refractivity contribution >= 4 is 58.9 Å². The number of nitrogens with one attached hydrogen (secondary N) is 1. The number of anilines is 1. The Balaban J connectivity index is 1.56. The fraction of sp³-hybridized carbons (Fsp3) is 0.318. The largest absolute Gasteiger partial charge is 0.505 e. The van der Waals surface area contributed by atoms with Crippen molar-refractivity contribution in [2.24, 2.45) is 0 Å². The third kappa shape index (κ3) is 5.00. The number of amides is 2. The van der Waals surface area contributed by atoms with Crippen molar-refractivity contribution < 1.29 is 9.90 Å². The molecule has 1 aromatic heterocycles. The average Bonchev–Trinajstić information content (AvgIpc) is 3.05. The zero-order valence-corrected chi connectivity index (χ0v) is 19.1. The fourth-order valence-corrected chi connectivity index (χ4v) is 4.59. The third-order valence-corrected chi connectivity index (χ3v) is 6.59. The second-order valence-corrected chi connectivity index (χ2v) is 8.91. The summed E-state index contributed by atoms with van der Waals surface area (Å²) < 4.78 is 1.48. The van der Waals surface area contributed by atoms with Crippen molar-refractivity contribution in [1.29, 1.82) is 0 Å². The predicted molar refractivity (Wildman–Crippen MR) is 128 cm³/mol. The van der Waals surface area contributed by atoms with Gasteiger partial charge in [-0.15, -0.1) is 0 Å². The Morgan fingerprint density at radius 3 is 2.39 bits per heavy atom. The van der Waals surface area contributed by atoms with Gasteiger partial charge in [0, 0.05) is 6.04 Å². The van der Waals surface area contributed by atoms with Crippen LogP contribution in [0.1, 0.15) is 38.5 Å². The van der Waals surface area contributed by atoms with E-state index in [1.165, 1.54) is 23.3 Å². The van der Waals surface area contributed by atoms with Crippen LogP contribution in [0, 0.1) is 0 Å². The second kappa shape index (κ2) is 9.51. The molecule has 4 rings (SSSR count). The molecule has 31 heavy (non-hydrogen) atoms. The van der Waals surface area contributed by atoms with E-state index >= 15 is 0 Å². The zero-order chi connectivity index (χ0) is 22.0. The van der Waals surface area contributed by atoms with Crippen LogP contribution < -0.4 is 5.32 Å². The molecule has 0 radical (unpaired) electrons. The lowest BCUT2D eigenvalue weighted by atomic mass is 10.0. The Kier molecular flexibility index (Phi) is 6.74. The molecule has 0 saturated heterocycles. The topological polar surface area (TPSA) is 78.3 Å². The maximum Gasteiger partial charge on any atom is 0.333 e. The van der Waals surface area contributed by atoms with E-state index in [0.29, 0.717) is 16.9 Å². The van der Waals surface area contributed by atoms with Crippen LogP contribution in [-0.4, -0.2) is 31.5 Å². The Hall–Kier alpha value is -2.22. The molecule has 2 amide bonds. The van der Waals surface area contributed by atoms with Crippen molar-refractivity contribution in [2.45, 2.75) is 44.6 Å². The molecule has 1 fully saturated rings. The third-order valence-electron chi connectivity index (χ3n) is 5.51. The average molecular weight is 477 g/mol. The van der Waals surface area contributed by atoms with Crippen LogP contribution in [-0.2, 0) is 0 Å². The van der Waals surface area contributed by atoms with Crippen molar-refractivity contribution in [2.75, 3.05) is 5.32 Å². The fourth-order valence-electron chi connectivity index (χ4n) is 3.82. The number of nitrogens with zero attached hydrogens (tertiary/aromatic N) is 3. The Morgan fingerprint density at radius 1 is 1.03 bits per heavy atom. The molecular weight excluding hydrogens is 455 g/mol. The molecule has 1 aliphatic carbocycles. The summed E-state index contributed by atoms with van der Waals surface area (Å²) in [5.41, 5.74) is 2.84.